The largest absolute Gasteiger partial charge is 0.488 e. The Hall–Kier alpha value is -5.73. The van der Waals surface area contributed by atoms with Crippen LogP contribution in [-0.4, -0.2) is 37.1 Å². The van der Waals surface area contributed by atoms with Gasteiger partial charge in [-0.1, -0.05) is 134 Å². The molecule has 0 radical (unpaired) electrons. The van der Waals surface area contributed by atoms with E-state index in [2.05, 4.69) is 105 Å². The molecule has 0 spiro atoms. The third kappa shape index (κ3) is 9.79. The third-order valence-electron chi connectivity index (χ3n) is 8.56. The highest BCUT2D eigenvalue weighted by molar-refractivity contribution is 6.58. The third-order valence-corrected chi connectivity index (χ3v) is 8.94. The van der Waals surface area contributed by atoms with Crippen molar-refractivity contribution in [3.8, 4) is 33.5 Å². The molecule has 2 N–H and O–H groups in total. The summed E-state index contributed by atoms with van der Waals surface area (Å²) in [5.41, 5.74) is 10.9. The molecule has 8 aromatic rings. The lowest BCUT2D eigenvalue weighted by Gasteiger charge is -2.08. The molecule has 6 nitrogen and oxygen atoms in total. The van der Waals surface area contributed by atoms with Gasteiger partial charge in [-0.3, -0.25) is 15.0 Å². The first-order valence-electron chi connectivity index (χ1n) is 17.0. The van der Waals surface area contributed by atoms with Crippen LogP contribution in [0.3, 0.4) is 0 Å². The van der Waals surface area contributed by atoms with E-state index in [9.17, 15) is 10.0 Å². The van der Waals surface area contributed by atoms with Crippen LogP contribution >= 0.6 is 11.6 Å². The van der Waals surface area contributed by atoms with E-state index >= 15 is 0 Å². The van der Waals surface area contributed by atoms with Crippen molar-refractivity contribution in [1.29, 1.82) is 0 Å². The van der Waals surface area contributed by atoms with Gasteiger partial charge in [-0.05, 0) is 95.2 Å². The van der Waals surface area contributed by atoms with Crippen molar-refractivity contribution in [2.75, 3.05) is 0 Å². The summed E-state index contributed by atoms with van der Waals surface area (Å²) in [4.78, 5) is 17.1. The lowest BCUT2D eigenvalue weighted by atomic mass is 9.79. The fourth-order valence-corrected chi connectivity index (χ4v) is 6.00. The van der Waals surface area contributed by atoms with Gasteiger partial charge in [0.15, 0.2) is 0 Å². The van der Waals surface area contributed by atoms with E-state index in [1.807, 2.05) is 76.4 Å². The molecule has 264 valence electrons. The molecule has 8 heteroatoms. The Bertz CT molecular complexity index is 2460. The van der Waals surface area contributed by atoms with Crippen LogP contribution in [0, 0.1) is 27.7 Å². The Kier molecular flexibility index (Phi) is 12.8. The van der Waals surface area contributed by atoms with Gasteiger partial charge in [-0.2, -0.15) is 0 Å². The predicted octanol–water partition coefficient (Wildman–Crippen LogP) is 10.2. The molecule has 8 rings (SSSR count). The van der Waals surface area contributed by atoms with Crippen molar-refractivity contribution < 1.29 is 10.0 Å². The number of aromatic nitrogens is 4. The summed E-state index contributed by atoms with van der Waals surface area (Å²) in [5.74, 6) is 0. The van der Waals surface area contributed by atoms with Crippen molar-refractivity contribution in [3.05, 3.63) is 174 Å². The molecule has 0 fully saturated rings. The molecule has 0 unspecified atom stereocenters. The standard InChI is InChI=1S/C22H18N2.C16H13BO2.C6H7ClN2.CH4/c1-15-14-23-22(16(2)24-15)20-11-9-18-8-10-19(12-21(18)13-20)17-6-4-3-5-7-17;18-17(19)16-9-8-13-6-7-14(10-15(13)11-16)12-4-2-1-3-5-12;1-4-3-8-6(7)5(2)9-4;/h3-14H,1-2H3;1-11,18-19H;3H,1-2H3;1H4. The minimum absolute atomic E-state index is 0. The van der Waals surface area contributed by atoms with Gasteiger partial charge >= 0.3 is 7.12 Å². The number of fused-ring (bicyclic) bond motifs is 2. The maximum absolute atomic E-state index is 9.23. The van der Waals surface area contributed by atoms with Crippen molar-refractivity contribution in [3.63, 3.8) is 0 Å². The second kappa shape index (κ2) is 17.7. The number of hydrogen-bond acceptors (Lipinski definition) is 6. The van der Waals surface area contributed by atoms with Crippen molar-refractivity contribution in [2.24, 2.45) is 0 Å². The van der Waals surface area contributed by atoms with Crippen molar-refractivity contribution in [2.45, 2.75) is 35.1 Å². The van der Waals surface area contributed by atoms with Crippen LogP contribution < -0.4 is 5.46 Å². The van der Waals surface area contributed by atoms with Gasteiger partial charge in [-0.25, -0.2) is 4.98 Å². The van der Waals surface area contributed by atoms with E-state index in [1.54, 1.807) is 12.3 Å². The highest BCUT2D eigenvalue weighted by Crippen LogP contribution is 2.29. The molecule has 0 atom stereocenters. The Morgan fingerprint density at radius 1 is 0.472 bits per heavy atom. The zero-order valence-electron chi connectivity index (χ0n) is 29.5. The number of aryl methyl sites for hydroxylation is 4. The minimum atomic E-state index is -1.43. The second-order valence-electron chi connectivity index (χ2n) is 12.5. The summed E-state index contributed by atoms with van der Waals surface area (Å²) in [7, 11) is -1.43. The summed E-state index contributed by atoms with van der Waals surface area (Å²) in [5, 5.41) is 23.5. The van der Waals surface area contributed by atoms with Gasteiger partial charge in [0.05, 0.1) is 28.5 Å². The zero-order valence-corrected chi connectivity index (χ0v) is 30.3. The van der Waals surface area contributed by atoms with E-state index in [0.29, 0.717) is 10.6 Å². The number of nitrogens with zero attached hydrogens (tertiary/aromatic N) is 4. The molecule has 2 heterocycles. The summed E-state index contributed by atoms with van der Waals surface area (Å²) >= 11 is 5.61. The van der Waals surface area contributed by atoms with Crippen LogP contribution in [0.5, 0.6) is 0 Å². The molecule has 0 saturated carbocycles. The van der Waals surface area contributed by atoms with Crippen LogP contribution in [0.25, 0.3) is 55.1 Å². The average molecular weight is 717 g/mol. The molecule has 0 amide bonds. The van der Waals surface area contributed by atoms with E-state index in [4.69, 9.17) is 11.6 Å². The summed E-state index contributed by atoms with van der Waals surface area (Å²) in [6.45, 7) is 7.70. The van der Waals surface area contributed by atoms with Crippen LogP contribution in [0.15, 0.2) is 146 Å². The second-order valence-corrected chi connectivity index (χ2v) is 12.9. The summed E-state index contributed by atoms with van der Waals surface area (Å²) < 4.78 is 0. The smallest absolute Gasteiger partial charge is 0.423 e. The molecule has 2 aromatic heterocycles. The number of rotatable bonds is 4. The maximum Gasteiger partial charge on any atom is 0.488 e. The first kappa shape index (κ1) is 38.5. The molecule has 53 heavy (non-hydrogen) atoms. The molecule has 0 aliphatic heterocycles. The zero-order chi connectivity index (χ0) is 36.6. The summed E-state index contributed by atoms with van der Waals surface area (Å²) in [6, 6.07) is 45.3. The quantitative estimate of drug-likeness (QED) is 0.176. The number of hydrogen-bond donors (Lipinski definition) is 2. The van der Waals surface area contributed by atoms with Crippen LogP contribution in [0.4, 0.5) is 0 Å². The van der Waals surface area contributed by atoms with Gasteiger partial charge in [0.1, 0.15) is 5.15 Å². The van der Waals surface area contributed by atoms with Crippen molar-refractivity contribution in [1.82, 2.24) is 19.9 Å². The molecule has 0 bridgehead atoms. The fraction of sp³-hybridized carbons (Fsp3) is 0.111. The van der Waals surface area contributed by atoms with Gasteiger partial charge in [0, 0.05) is 18.0 Å². The fourth-order valence-electron chi connectivity index (χ4n) is 5.90. The topological polar surface area (TPSA) is 92.0 Å². The maximum atomic E-state index is 9.23. The Balaban J connectivity index is 0.000000167. The minimum Gasteiger partial charge on any atom is -0.423 e. The summed E-state index contributed by atoms with van der Waals surface area (Å²) in [6.07, 6.45) is 3.47. The lowest BCUT2D eigenvalue weighted by molar-refractivity contribution is 0.426. The number of benzene rings is 6. The van der Waals surface area contributed by atoms with Crippen molar-refractivity contribution >= 4 is 45.7 Å². The molecular formula is C45H42BClN4O2. The molecule has 0 saturated heterocycles. The number of halogens is 1. The molecule has 0 aliphatic carbocycles. The van der Waals surface area contributed by atoms with E-state index < -0.39 is 7.12 Å². The monoisotopic (exact) mass is 716 g/mol. The Morgan fingerprint density at radius 2 is 0.925 bits per heavy atom. The van der Waals surface area contributed by atoms with Gasteiger partial charge < -0.3 is 10.0 Å². The molecular weight excluding hydrogens is 675 g/mol. The van der Waals surface area contributed by atoms with Gasteiger partial charge in [-0.15, -0.1) is 0 Å². The van der Waals surface area contributed by atoms with Gasteiger partial charge in [0.2, 0.25) is 0 Å². The highest BCUT2D eigenvalue weighted by atomic mass is 35.5. The first-order chi connectivity index (χ1) is 25.1. The van der Waals surface area contributed by atoms with Gasteiger partial charge in [0.25, 0.3) is 0 Å². The Labute approximate surface area is 317 Å². The SMILES string of the molecule is C.Cc1cnc(-c2ccc3ccc(-c4ccccc4)cc3c2)c(C)n1.Cc1cnc(Cl)c(C)n1.OB(O)c1ccc2ccc(-c3ccccc3)cc2c1. The highest BCUT2D eigenvalue weighted by Gasteiger charge is 2.11. The van der Waals surface area contributed by atoms with E-state index in [1.165, 1.54) is 21.9 Å². The van der Waals surface area contributed by atoms with Crippen LogP contribution in [-0.2, 0) is 0 Å². The van der Waals surface area contributed by atoms with Crippen LogP contribution in [0.1, 0.15) is 30.2 Å². The average Bonchev–Trinajstić information content (AvgIpc) is 3.17. The van der Waals surface area contributed by atoms with Crippen LogP contribution in [0.2, 0.25) is 5.15 Å². The van der Waals surface area contributed by atoms with E-state index in [0.717, 1.165) is 55.9 Å². The molecule has 0 aliphatic rings. The molecule has 6 aromatic carbocycles. The lowest BCUT2D eigenvalue weighted by Crippen LogP contribution is -2.29. The Morgan fingerprint density at radius 3 is 1.42 bits per heavy atom. The normalized spacial score (nSPS) is 10.4. The first-order valence-corrected chi connectivity index (χ1v) is 17.3. The predicted molar refractivity (Wildman–Crippen MR) is 222 cm³/mol. The van der Waals surface area contributed by atoms with E-state index in [-0.39, 0.29) is 7.43 Å².